The summed E-state index contributed by atoms with van der Waals surface area (Å²) in [5.41, 5.74) is 35.5. The highest BCUT2D eigenvalue weighted by Gasteiger charge is 2.71. The van der Waals surface area contributed by atoms with Gasteiger partial charge in [-0.15, -0.1) is 5.10 Å². The van der Waals surface area contributed by atoms with E-state index in [1.165, 1.54) is 170 Å². The van der Waals surface area contributed by atoms with Crippen molar-refractivity contribution < 1.29 is 41.6 Å². The second-order valence-electron chi connectivity index (χ2n) is 36.7. The number of rotatable bonds is 0. The fourth-order valence-electron chi connectivity index (χ4n) is 27.7. The lowest BCUT2D eigenvalue weighted by atomic mass is 9.85. The lowest BCUT2D eigenvalue weighted by Crippen LogP contribution is -2.71. The number of para-hydroxylation sites is 15. The first-order valence-electron chi connectivity index (χ1n) is 44.8. The second kappa shape index (κ2) is 20.7. The molecule has 600 valence electrons. The topological polar surface area (TPSA) is 155 Å². The fourth-order valence-corrected chi connectivity index (χ4v) is 27.7. The van der Waals surface area contributed by atoms with Gasteiger partial charge in [-0.25, -0.2) is 19.9 Å². The van der Waals surface area contributed by atoms with Crippen molar-refractivity contribution in [3.05, 3.63) is 362 Å². The molecule has 21 nitrogen and oxygen atoms in total. The van der Waals surface area contributed by atoms with Gasteiger partial charge in [0.2, 0.25) is 0 Å². The summed E-state index contributed by atoms with van der Waals surface area (Å²) in [5.74, 6) is 5.38. The largest absolute Gasteiger partial charge is 0.456 e. The van der Waals surface area contributed by atoms with Crippen molar-refractivity contribution in [1.29, 1.82) is 0 Å². The Morgan fingerprint density at radius 1 is 0.212 bits per heavy atom. The Balaban J connectivity index is 0.0000000844. The third-order valence-electron chi connectivity index (χ3n) is 31.6. The van der Waals surface area contributed by atoms with Gasteiger partial charge in [0.25, 0.3) is 0 Å². The summed E-state index contributed by atoms with van der Waals surface area (Å²) in [7, 11) is 0. The Hall–Kier alpha value is -18.2. The van der Waals surface area contributed by atoms with Gasteiger partial charge in [-0.05, 0) is 164 Å². The molecule has 0 radical (unpaired) electrons. The number of aromatic nitrogens is 18. The molecule has 15 aromatic carbocycles. The number of benzene rings is 15. The predicted octanol–water partition coefficient (Wildman–Crippen LogP) is 19.5. The number of hydrogen-bond acceptors (Lipinski definition) is 9. The Bertz CT molecular complexity index is 9660. The van der Waals surface area contributed by atoms with Crippen LogP contribution in [-0.4, -0.2) is 56.5 Å². The summed E-state index contributed by atoms with van der Waals surface area (Å²) < 4.78 is 50.9. The molecule has 3 atom stereocenters. The van der Waals surface area contributed by atoms with E-state index in [4.69, 9.17) is 29.3 Å². The van der Waals surface area contributed by atoms with Crippen LogP contribution in [0.2, 0.25) is 0 Å². The highest BCUT2D eigenvalue weighted by atomic mass is 16.5. The van der Waals surface area contributed by atoms with Crippen molar-refractivity contribution in [2.24, 2.45) is 0 Å². The smallest absolute Gasteiger partial charge is 0.316 e. The lowest BCUT2D eigenvalue weighted by Gasteiger charge is -2.31. The van der Waals surface area contributed by atoms with Crippen molar-refractivity contribution in [2.75, 3.05) is 0 Å². The van der Waals surface area contributed by atoms with Crippen molar-refractivity contribution >= 4 is 231 Å². The molecule has 21 heteroatoms. The first-order valence-corrected chi connectivity index (χ1v) is 44.8. The zero-order valence-electron chi connectivity index (χ0n) is 69.0. The number of nitrogens with zero attached hydrogens (tertiary/aromatic N) is 18. The Kier molecular flexibility index (Phi) is 10.1. The number of pyridine rings is 6. The number of fused-ring (bicyclic) bond motifs is 36. The molecule has 3 unspecified atom stereocenters. The van der Waals surface area contributed by atoms with E-state index < -0.39 is 17.0 Å². The second-order valence-corrected chi connectivity index (χ2v) is 36.7. The Morgan fingerprint density at radius 3 is 0.758 bits per heavy atom. The van der Waals surface area contributed by atoms with Crippen molar-refractivity contribution in [1.82, 2.24) is 56.5 Å². The molecule has 0 fully saturated rings. The van der Waals surface area contributed by atoms with E-state index >= 15 is 0 Å². The Morgan fingerprint density at radius 2 is 0.455 bits per heavy atom. The molecule has 9 aliphatic rings. The van der Waals surface area contributed by atoms with Crippen molar-refractivity contribution in [3.63, 3.8) is 0 Å². The molecule has 15 aromatic heterocycles. The molecular weight excluding hydrogens is 1630 g/mol. The maximum absolute atomic E-state index is 6.92. The van der Waals surface area contributed by atoms with Gasteiger partial charge < -0.3 is 14.2 Å². The van der Waals surface area contributed by atoms with E-state index in [-0.39, 0.29) is 0 Å². The van der Waals surface area contributed by atoms with Gasteiger partial charge in [0, 0.05) is 54.5 Å². The maximum Gasteiger partial charge on any atom is 0.316 e. The quantitative estimate of drug-likeness (QED) is 0.107. The maximum atomic E-state index is 6.92. The van der Waals surface area contributed by atoms with Gasteiger partial charge >= 0.3 is 50.9 Å². The first kappa shape index (κ1) is 64.5. The van der Waals surface area contributed by atoms with Crippen LogP contribution in [0.15, 0.2) is 328 Å². The van der Waals surface area contributed by atoms with Gasteiger partial charge in [0.05, 0.1) is 50.9 Å². The number of hydrogen-bond donors (Lipinski definition) is 0. The van der Waals surface area contributed by atoms with Crippen LogP contribution in [0.1, 0.15) is 33.4 Å². The standard InChI is InChI=1S/3C37H18N6O/c2*1-2-8-22-19(7-1)20-13-15-28-32-30(20)35-40(22)23-9-3-5-11-25(23)42(35)37(32)33-29(44-28)16-14-21-31(33)36-41(27-17-38-18-39-34(21)27)24-10-4-6-12-26(24)43(36)37;1-2-8-22-19(7-1)20-13-15-28-32-30(20)35-40(22)23-9-3-5-11-25(23)42(35)37(32)33-29(44-28)16-14-21-31(33)36-41(27-17-18-38-39-34(21)27)24-10-4-6-12-26(24)43(36)37/h3*1-18H/q3*+2. The fraction of sp³-hybridized carbons (Fsp3) is 0.0270. The summed E-state index contributed by atoms with van der Waals surface area (Å²) in [5, 5.41) is 27.1. The third-order valence-corrected chi connectivity index (χ3v) is 31.6. The van der Waals surface area contributed by atoms with E-state index in [0.717, 1.165) is 128 Å². The van der Waals surface area contributed by atoms with Crippen molar-refractivity contribution in [2.45, 2.75) is 17.0 Å². The molecule has 132 heavy (non-hydrogen) atoms. The minimum Gasteiger partial charge on any atom is -0.456 e. The first-order chi connectivity index (χ1) is 65.6. The SMILES string of the molecule is c1ccc2c(c1)c1ccc3c4c1c1n2c2ccccc2[n+]1C41c2c(ccc4c5ncncc5n5c6ccccc6[n+]1c5c24)O3.c1ccc2c(c1)c1ccc3c4c1c1n2c2ccccc2[n+]1C41c2c(ccc4c5ncncc5n5c6ccccc6[n+]1c5c24)O3.c1ccc2c(c1)c1ccc3c4c1c1n2c2ccccc2[n+]1C41c2c(ccc4c5nnccc5n5c6ccccc6[n+]1c5c24)O3. The van der Waals surface area contributed by atoms with Gasteiger partial charge in [0.15, 0.2) is 82.8 Å². The summed E-state index contributed by atoms with van der Waals surface area (Å²) in [6, 6.07) is 108. The zero-order valence-corrected chi connectivity index (χ0v) is 69.0. The Labute approximate surface area is 737 Å². The van der Waals surface area contributed by atoms with E-state index in [0.29, 0.717) is 0 Å². The minimum atomic E-state index is -0.711. The van der Waals surface area contributed by atoms with E-state index in [2.05, 4.69) is 366 Å². The number of imidazole rings is 6. The lowest BCUT2D eigenvalue weighted by molar-refractivity contribution is -0.924. The van der Waals surface area contributed by atoms with Crippen LogP contribution in [0.4, 0.5) is 0 Å². The van der Waals surface area contributed by atoms with Crippen LogP contribution in [-0.2, 0) is 17.0 Å². The van der Waals surface area contributed by atoms with Crippen LogP contribution < -0.4 is 41.6 Å². The van der Waals surface area contributed by atoms with Crippen LogP contribution in [0.3, 0.4) is 0 Å². The van der Waals surface area contributed by atoms with Gasteiger partial charge in [-0.1, -0.05) is 127 Å². The molecule has 9 aliphatic heterocycles. The van der Waals surface area contributed by atoms with Crippen molar-refractivity contribution in [3.8, 4) is 34.5 Å². The summed E-state index contributed by atoms with van der Waals surface area (Å²) in [4.78, 5) is 18.8. The third kappa shape index (κ3) is 6.27. The van der Waals surface area contributed by atoms with E-state index in [9.17, 15) is 0 Å². The van der Waals surface area contributed by atoms with E-state index in [1.807, 2.05) is 12.4 Å². The van der Waals surface area contributed by atoms with Crippen LogP contribution in [0, 0.1) is 0 Å². The van der Waals surface area contributed by atoms with Crippen LogP contribution in [0.5, 0.6) is 34.5 Å². The number of ether oxygens (including phenoxy) is 3. The molecule has 0 bridgehead atoms. The minimum absolute atomic E-state index is 0.711. The van der Waals surface area contributed by atoms with Gasteiger partial charge in [-0.2, -0.15) is 58.9 Å². The summed E-state index contributed by atoms with van der Waals surface area (Å²) in [6.45, 7) is 0. The molecule has 0 N–H and O–H groups in total. The molecule has 39 rings (SSSR count). The zero-order chi connectivity index (χ0) is 84.2. The van der Waals surface area contributed by atoms with Crippen LogP contribution >= 0.6 is 0 Å². The molecule has 3 spiro atoms. The summed E-state index contributed by atoms with van der Waals surface area (Å²) in [6.07, 6.45) is 9.02. The molecule has 0 saturated heterocycles. The molecule has 24 heterocycles. The predicted molar refractivity (Wildman–Crippen MR) is 502 cm³/mol. The average molecular weight is 1690 g/mol. The molecule has 0 amide bonds. The van der Waals surface area contributed by atoms with Gasteiger partial charge in [0.1, 0.15) is 114 Å². The summed E-state index contributed by atoms with van der Waals surface area (Å²) >= 11 is 0. The van der Waals surface area contributed by atoms with Gasteiger partial charge in [-0.3, -0.25) is 0 Å². The van der Waals surface area contributed by atoms with Crippen LogP contribution in [0.25, 0.3) is 231 Å². The molecule has 0 aliphatic carbocycles. The van der Waals surface area contributed by atoms with E-state index in [1.54, 1.807) is 18.9 Å². The molecule has 0 saturated carbocycles. The average Bonchev–Trinajstić information content (AvgIpc) is 1.46. The highest BCUT2D eigenvalue weighted by Crippen LogP contribution is 2.64. The normalized spacial score (nSPS) is 17.4. The molecule has 30 aromatic rings. The monoisotopic (exact) mass is 1690 g/mol. The highest BCUT2D eigenvalue weighted by molar-refractivity contribution is 6.24. The molecular formula is C111H54N18O3+6.